The van der Waals surface area contributed by atoms with Gasteiger partial charge in [0, 0.05) is 6.92 Å². The Bertz CT molecular complexity index is 206. The Hall–Kier alpha value is -0.690. The topological polar surface area (TPSA) is 96.2 Å². The molecule has 1 aliphatic heterocycles. The highest BCUT2D eigenvalue weighted by Crippen LogP contribution is 2.18. The number of aliphatic hydroxyl groups is 3. The molecule has 0 aliphatic carbocycles. The van der Waals surface area contributed by atoms with Crippen molar-refractivity contribution in [2.45, 2.75) is 31.3 Å². The lowest BCUT2D eigenvalue weighted by atomic mass is 10.0. The van der Waals surface area contributed by atoms with Crippen molar-refractivity contribution in [2.24, 2.45) is 0 Å². The number of esters is 1. The maximum atomic E-state index is 10.5. The number of aliphatic hydroxyl groups excluding tert-OH is 3. The predicted molar refractivity (Wildman–Crippen MR) is 43.8 cm³/mol. The summed E-state index contributed by atoms with van der Waals surface area (Å²) in [5, 5.41) is 27.6. The summed E-state index contributed by atoms with van der Waals surface area (Å²) >= 11 is 0. The summed E-state index contributed by atoms with van der Waals surface area (Å²) in [7, 11) is 0. The van der Waals surface area contributed by atoms with E-state index in [-0.39, 0.29) is 6.61 Å². The van der Waals surface area contributed by atoms with Crippen LogP contribution >= 0.6 is 0 Å². The molecule has 81 valence electrons. The first-order valence-corrected chi connectivity index (χ1v) is 4.18. The van der Waals surface area contributed by atoms with Crippen molar-refractivity contribution in [1.82, 2.24) is 0 Å². The van der Waals surface area contributed by atoms with E-state index in [9.17, 15) is 15.0 Å². The summed E-state index contributed by atoms with van der Waals surface area (Å²) in [4.78, 5) is 10.5. The van der Waals surface area contributed by atoms with Crippen LogP contribution in [0, 0.1) is 6.61 Å². The zero-order chi connectivity index (χ0) is 10.7. The fourth-order valence-electron chi connectivity index (χ4n) is 1.10. The molecule has 0 amide bonds. The molecule has 1 aliphatic rings. The Balaban J connectivity index is 2.42. The molecule has 0 aromatic carbocycles. The van der Waals surface area contributed by atoms with Gasteiger partial charge >= 0.3 is 5.97 Å². The smallest absolute Gasteiger partial charge is 0.302 e. The molecule has 0 unspecified atom stereocenters. The highest BCUT2D eigenvalue weighted by atomic mass is 16.6. The van der Waals surface area contributed by atoms with Gasteiger partial charge in [-0.25, -0.2) is 0 Å². The van der Waals surface area contributed by atoms with Gasteiger partial charge in [0.15, 0.2) is 0 Å². The Labute approximate surface area is 81.1 Å². The number of ether oxygens (including phenoxy) is 2. The van der Waals surface area contributed by atoms with Crippen molar-refractivity contribution in [2.75, 3.05) is 6.61 Å². The van der Waals surface area contributed by atoms with Crippen LogP contribution in [-0.4, -0.2) is 52.3 Å². The first-order chi connectivity index (χ1) is 6.52. The number of rotatable bonds is 2. The second-order valence-electron chi connectivity index (χ2n) is 3.08. The molecule has 0 aromatic heterocycles. The normalized spacial score (nSPS) is 38.0. The molecule has 1 radical (unpaired) electrons. The highest BCUT2D eigenvalue weighted by Gasteiger charge is 2.38. The van der Waals surface area contributed by atoms with Crippen LogP contribution in [-0.2, 0) is 14.3 Å². The molecule has 0 aromatic rings. The van der Waals surface area contributed by atoms with Gasteiger partial charge in [0.05, 0.1) is 0 Å². The van der Waals surface area contributed by atoms with Crippen molar-refractivity contribution < 1.29 is 29.6 Å². The quantitative estimate of drug-likeness (QED) is 0.460. The minimum Gasteiger partial charge on any atom is -0.463 e. The van der Waals surface area contributed by atoms with Gasteiger partial charge in [-0.05, 0) is 0 Å². The van der Waals surface area contributed by atoms with Crippen LogP contribution in [0.15, 0.2) is 0 Å². The minimum absolute atomic E-state index is 0.156. The second-order valence-corrected chi connectivity index (χ2v) is 3.08. The van der Waals surface area contributed by atoms with E-state index in [1.54, 1.807) is 0 Å². The summed E-state index contributed by atoms with van der Waals surface area (Å²) in [5.41, 5.74) is 0. The molecule has 6 heteroatoms. The maximum Gasteiger partial charge on any atom is 0.302 e. The monoisotopic (exact) mass is 205 g/mol. The van der Waals surface area contributed by atoms with Gasteiger partial charge in [0.1, 0.15) is 37.6 Å². The Morgan fingerprint density at radius 3 is 2.64 bits per heavy atom. The largest absolute Gasteiger partial charge is 0.463 e. The minimum atomic E-state index is -1.32. The van der Waals surface area contributed by atoms with Crippen molar-refractivity contribution in [3.8, 4) is 0 Å². The van der Waals surface area contributed by atoms with E-state index in [0.717, 1.165) is 6.61 Å². The van der Waals surface area contributed by atoms with Gasteiger partial charge in [-0.3, -0.25) is 4.79 Å². The van der Waals surface area contributed by atoms with Gasteiger partial charge in [-0.15, -0.1) is 0 Å². The molecule has 1 rings (SSSR count). The van der Waals surface area contributed by atoms with Crippen LogP contribution in [0.3, 0.4) is 0 Å². The second kappa shape index (κ2) is 4.70. The van der Waals surface area contributed by atoms with Crippen LogP contribution in [0.1, 0.15) is 6.92 Å². The van der Waals surface area contributed by atoms with Crippen molar-refractivity contribution in [3.05, 3.63) is 6.61 Å². The number of carbonyl (C=O) groups excluding carboxylic acids is 1. The average Bonchev–Trinajstić information content (AvgIpc) is 2.13. The predicted octanol–water partition coefficient (Wildman–Crippen LogP) is -1.81. The maximum absolute atomic E-state index is 10.5. The van der Waals surface area contributed by atoms with E-state index < -0.39 is 30.4 Å². The van der Waals surface area contributed by atoms with Gasteiger partial charge in [-0.1, -0.05) is 0 Å². The standard InChI is InChI=1S/C8H13O6/c1-4(9)13-3-6-8(12)7(11)5(10)2-14-6/h2,5-8,10-12H,3H2,1H3/t5-,6+,7+,8-/m0/s1. The molecule has 14 heavy (non-hydrogen) atoms. The zero-order valence-corrected chi connectivity index (χ0v) is 7.66. The SMILES string of the molecule is CC(=O)OC[C@H]1O[CH][C@H](O)[C@@H](O)[C@H]1O. The molecule has 6 nitrogen and oxygen atoms in total. The van der Waals surface area contributed by atoms with E-state index in [1.807, 2.05) is 0 Å². The number of hydrogen-bond acceptors (Lipinski definition) is 6. The molecule has 4 atom stereocenters. The summed E-state index contributed by atoms with van der Waals surface area (Å²) in [6.45, 7) is 2.08. The van der Waals surface area contributed by atoms with Crippen molar-refractivity contribution in [3.63, 3.8) is 0 Å². The van der Waals surface area contributed by atoms with Crippen LogP contribution in [0.5, 0.6) is 0 Å². The van der Waals surface area contributed by atoms with E-state index in [4.69, 9.17) is 9.84 Å². The number of carbonyl (C=O) groups is 1. The Morgan fingerprint density at radius 2 is 2.07 bits per heavy atom. The lowest BCUT2D eigenvalue weighted by Gasteiger charge is -2.34. The van der Waals surface area contributed by atoms with Gasteiger partial charge in [0.2, 0.25) is 0 Å². The van der Waals surface area contributed by atoms with Crippen LogP contribution < -0.4 is 0 Å². The van der Waals surface area contributed by atoms with Gasteiger partial charge in [0.25, 0.3) is 0 Å². The first kappa shape index (κ1) is 11.4. The first-order valence-electron chi connectivity index (χ1n) is 4.18. The van der Waals surface area contributed by atoms with Crippen LogP contribution in [0.4, 0.5) is 0 Å². The molecular formula is C8H13O6. The van der Waals surface area contributed by atoms with Crippen molar-refractivity contribution >= 4 is 5.97 Å². The summed E-state index contributed by atoms with van der Waals surface area (Å²) in [5.74, 6) is -0.499. The molecular weight excluding hydrogens is 192 g/mol. The molecule has 0 bridgehead atoms. The zero-order valence-electron chi connectivity index (χ0n) is 7.66. The van der Waals surface area contributed by atoms with Crippen LogP contribution in [0.2, 0.25) is 0 Å². The van der Waals surface area contributed by atoms with E-state index >= 15 is 0 Å². The fraction of sp³-hybridized carbons (Fsp3) is 0.750. The lowest BCUT2D eigenvalue weighted by molar-refractivity contribution is -0.179. The van der Waals surface area contributed by atoms with Gasteiger partial charge in [-0.2, -0.15) is 0 Å². The molecule has 0 saturated carbocycles. The van der Waals surface area contributed by atoms with Crippen LogP contribution in [0.25, 0.3) is 0 Å². The molecule has 3 N–H and O–H groups in total. The Morgan fingerprint density at radius 1 is 1.43 bits per heavy atom. The number of hydrogen-bond donors (Lipinski definition) is 3. The average molecular weight is 205 g/mol. The van der Waals surface area contributed by atoms with E-state index in [2.05, 4.69) is 4.74 Å². The third kappa shape index (κ3) is 2.65. The molecule has 1 saturated heterocycles. The van der Waals surface area contributed by atoms with E-state index in [0.29, 0.717) is 0 Å². The summed E-state index contributed by atoms with van der Waals surface area (Å²) in [6.07, 6.45) is -4.64. The lowest BCUT2D eigenvalue weighted by Crippen LogP contribution is -2.52. The van der Waals surface area contributed by atoms with Crippen molar-refractivity contribution in [1.29, 1.82) is 0 Å². The summed E-state index contributed by atoms with van der Waals surface area (Å²) in [6, 6.07) is 0. The third-order valence-electron chi connectivity index (χ3n) is 1.92. The molecule has 0 spiro atoms. The highest BCUT2D eigenvalue weighted by molar-refractivity contribution is 5.65. The third-order valence-corrected chi connectivity index (χ3v) is 1.92. The fourth-order valence-corrected chi connectivity index (χ4v) is 1.10. The molecule has 1 fully saturated rings. The van der Waals surface area contributed by atoms with Gasteiger partial charge < -0.3 is 24.8 Å². The van der Waals surface area contributed by atoms with E-state index in [1.165, 1.54) is 6.92 Å². The summed E-state index contributed by atoms with van der Waals surface area (Å²) < 4.78 is 9.46. The Kier molecular flexibility index (Phi) is 3.82. The molecule has 1 heterocycles.